The molecule has 1 aliphatic rings. The van der Waals surface area contributed by atoms with Crippen LogP contribution in [0.5, 0.6) is 0 Å². The van der Waals surface area contributed by atoms with E-state index >= 15 is 0 Å². The molecule has 0 saturated carbocycles. The number of nitrogens with zero attached hydrogens (tertiary/aromatic N) is 5. The van der Waals surface area contributed by atoms with Crippen LogP contribution in [0.4, 0.5) is 4.79 Å². The first-order chi connectivity index (χ1) is 11.1. The van der Waals surface area contributed by atoms with E-state index in [4.69, 9.17) is 4.52 Å². The van der Waals surface area contributed by atoms with Gasteiger partial charge in [0.15, 0.2) is 5.82 Å². The highest BCUT2D eigenvalue weighted by Gasteiger charge is 2.33. The fraction of sp³-hybridized carbons (Fsp3) is 0.600. The number of aromatic nitrogens is 4. The normalized spacial score (nSPS) is 19.0. The van der Waals surface area contributed by atoms with E-state index < -0.39 is 0 Å². The minimum absolute atomic E-state index is 0.0673. The van der Waals surface area contributed by atoms with Gasteiger partial charge in [0.25, 0.3) is 0 Å². The minimum Gasteiger partial charge on any atom is -0.340 e. The molecule has 23 heavy (non-hydrogen) atoms. The minimum atomic E-state index is -0.0890. The topological polar surface area (TPSA) is 89.1 Å². The number of hydrogen-bond donors (Lipinski definition) is 1. The zero-order chi connectivity index (χ0) is 16.2. The first kappa shape index (κ1) is 15.5. The highest BCUT2D eigenvalue weighted by Crippen LogP contribution is 2.29. The molecule has 2 amide bonds. The predicted octanol–water partition coefficient (Wildman–Crippen LogP) is 1.76. The molecular formula is C15H22N6O2. The van der Waals surface area contributed by atoms with E-state index in [-0.39, 0.29) is 12.1 Å². The molecule has 3 heterocycles. The highest BCUT2D eigenvalue weighted by atomic mass is 16.5. The second-order valence-corrected chi connectivity index (χ2v) is 6.04. The van der Waals surface area contributed by atoms with Crippen LogP contribution in [-0.4, -0.2) is 43.9 Å². The summed E-state index contributed by atoms with van der Waals surface area (Å²) >= 11 is 0. The Morgan fingerprint density at radius 1 is 1.57 bits per heavy atom. The van der Waals surface area contributed by atoms with Crippen molar-refractivity contribution in [3.05, 3.63) is 30.2 Å². The van der Waals surface area contributed by atoms with Gasteiger partial charge in [-0.15, -0.1) is 0 Å². The van der Waals surface area contributed by atoms with Crippen molar-refractivity contribution in [1.29, 1.82) is 0 Å². The zero-order valence-electron chi connectivity index (χ0n) is 13.5. The number of hydrogen-bond acceptors (Lipinski definition) is 5. The van der Waals surface area contributed by atoms with Crippen LogP contribution in [0.3, 0.4) is 0 Å². The molecule has 2 atom stereocenters. The first-order valence-corrected chi connectivity index (χ1v) is 7.95. The Labute approximate surface area is 134 Å². The van der Waals surface area contributed by atoms with E-state index in [0.29, 0.717) is 24.2 Å². The molecule has 0 aromatic carbocycles. The Morgan fingerprint density at radius 3 is 3.13 bits per heavy atom. The summed E-state index contributed by atoms with van der Waals surface area (Å²) < 4.78 is 6.91. The number of urea groups is 1. The lowest BCUT2D eigenvalue weighted by Gasteiger charge is -2.23. The van der Waals surface area contributed by atoms with Gasteiger partial charge in [-0.05, 0) is 24.8 Å². The molecule has 0 spiro atoms. The molecule has 8 heteroatoms. The van der Waals surface area contributed by atoms with Crippen LogP contribution in [0.1, 0.15) is 37.5 Å². The van der Waals surface area contributed by atoms with Crippen LogP contribution < -0.4 is 5.32 Å². The van der Waals surface area contributed by atoms with Crippen molar-refractivity contribution in [3.8, 4) is 0 Å². The van der Waals surface area contributed by atoms with Gasteiger partial charge in [-0.3, -0.25) is 4.68 Å². The number of rotatable bonds is 5. The third-order valence-corrected chi connectivity index (χ3v) is 4.01. The first-order valence-electron chi connectivity index (χ1n) is 7.95. The van der Waals surface area contributed by atoms with E-state index in [1.807, 2.05) is 16.9 Å². The van der Waals surface area contributed by atoms with E-state index in [2.05, 4.69) is 27.5 Å². The fourth-order valence-corrected chi connectivity index (χ4v) is 2.88. The lowest BCUT2D eigenvalue weighted by molar-refractivity contribution is 0.187. The maximum absolute atomic E-state index is 12.4. The van der Waals surface area contributed by atoms with Gasteiger partial charge in [0.2, 0.25) is 5.89 Å². The molecule has 1 saturated heterocycles. The van der Waals surface area contributed by atoms with Crippen molar-refractivity contribution >= 4 is 6.03 Å². The van der Waals surface area contributed by atoms with E-state index in [9.17, 15) is 4.79 Å². The van der Waals surface area contributed by atoms with Crippen LogP contribution in [0.25, 0.3) is 0 Å². The smallest absolute Gasteiger partial charge is 0.318 e. The molecule has 3 rings (SSSR count). The van der Waals surface area contributed by atoms with Crippen molar-refractivity contribution in [2.24, 2.45) is 5.92 Å². The van der Waals surface area contributed by atoms with Crippen molar-refractivity contribution in [3.63, 3.8) is 0 Å². The summed E-state index contributed by atoms with van der Waals surface area (Å²) in [4.78, 5) is 18.5. The lowest BCUT2D eigenvalue weighted by atomic mass is 10.2. The second-order valence-electron chi connectivity index (χ2n) is 6.04. The maximum atomic E-state index is 12.4. The van der Waals surface area contributed by atoms with Gasteiger partial charge in [-0.1, -0.05) is 12.1 Å². The summed E-state index contributed by atoms with van der Waals surface area (Å²) in [6, 6.07) is 1.74. The average molecular weight is 318 g/mol. The molecule has 2 aromatic rings. The molecule has 0 unspecified atom stereocenters. The molecule has 1 N–H and O–H groups in total. The third-order valence-electron chi connectivity index (χ3n) is 4.01. The van der Waals surface area contributed by atoms with Crippen LogP contribution in [0, 0.1) is 12.8 Å². The summed E-state index contributed by atoms with van der Waals surface area (Å²) in [5.41, 5.74) is 0. The van der Waals surface area contributed by atoms with Gasteiger partial charge < -0.3 is 14.7 Å². The Balaban J connectivity index is 1.53. The number of likely N-dealkylation sites (tertiary alicyclic amines) is 1. The largest absolute Gasteiger partial charge is 0.340 e. The van der Waals surface area contributed by atoms with Gasteiger partial charge in [0.1, 0.15) is 0 Å². The third kappa shape index (κ3) is 3.69. The number of nitrogens with one attached hydrogen (secondary N) is 1. The second kappa shape index (κ2) is 6.80. The average Bonchev–Trinajstić information content (AvgIpc) is 3.25. The standard InChI is InChI=1S/C15H22N6O2/c1-11(10-20-7-4-6-17-20)9-16-15(22)21-8-3-5-13(21)14-18-12(2)23-19-14/h4,6-7,11,13H,3,5,8-10H2,1-2H3,(H,16,22)/t11-,13-/m1/s1. The highest BCUT2D eigenvalue weighted by molar-refractivity contribution is 5.74. The fourth-order valence-electron chi connectivity index (χ4n) is 2.88. The maximum Gasteiger partial charge on any atom is 0.318 e. The van der Waals surface area contributed by atoms with Crippen LogP contribution >= 0.6 is 0 Å². The van der Waals surface area contributed by atoms with Crippen molar-refractivity contribution < 1.29 is 9.32 Å². The van der Waals surface area contributed by atoms with Gasteiger partial charge >= 0.3 is 6.03 Å². The van der Waals surface area contributed by atoms with E-state index in [1.165, 1.54) is 0 Å². The Bertz CT molecular complexity index is 638. The quantitative estimate of drug-likeness (QED) is 0.907. The number of carbonyl (C=O) groups is 1. The molecule has 1 aliphatic heterocycles. The van der Waals surface area contributed by atoms with Crippen LogP contribution in [-0.2, 0) is 6.54 Å². The molecule has 0 bridgehead atoms. The zero-order valence-corrected chi connectivity index (χ0v) is 13.5. The van der Waals surface area contributed by atoms with Crippen molar-refractivity contribution in [2.75, 3.05) is 13.1 Å². The molecule has 1 fully saturated rings. The Hall–Kier alpha value is -2.38. The van der Waals surface area contributed by atoms with Crippen LogP contribution in [0.15, 0.2) is 23.0 Å². The summed E-state index contributed by atoms with van der Waals surface area (Å²) in [6.07, 6.45) is 5.50. The Morgan fingerprint density at radius 2 is 2.43 bits per heavy atom. The number of amides is 2. The molecule has 0 radical (unpaired) electrons. The summed E-state index contributed by atoms with van der Waals surface area (Å²) in [7, 11) is 0. The van der Waals surface area contributed by atoms with Gasteiger partial charge in [-0.25, -0.2) is 4.79 Å². The summed E-state index contributed by atoms with van der Waals surface area (Å²) in [5.74, 6) is 1.42. The lowest BCUT2D eigenvalue weighted by Crippen LogP contribution is -2.41. The molecule has 2 aromatic heterocycles. The number of carbonyl (C=O) groups excluding carboxylic acids is 1. The van der Waals surface area contributed by atoms with Crippen molar-refractivity contribution in [1.82, 2.24) is 30.1 Å². The summed E-state index contributed by atoms with van der Waals surface area (Å²) in [5, 5.41) is 11.1. The predicted molar refractivity (Wildman–Crippen MR) is 82.5 cm³/mol. The molecular weight excluding hydrogens is 296 g/mol. The monoisotopic (exact) mass is 318 g/mol. The molecule has 8 nitrogen and oxygen atoms in total. The van der Waals surface area contributed by atoms with E-state index in [0.717, 1.165) is 25.9 Å². The summed E-state index contributed by atoms with van der Waals surface area (Å²) in [6.45, 7) is 5.95. The number of aryl methyl sites for hydroxylation is 1. The van der Waals surface area contributed by atoms with Gasteiger partial charge in [0, 0.05) is 39.0 Å². The van der Waals surface area contributed by atoms with E-state index in [1.54, 1.807) is 18.0 Å². The van der Waals surface area contributed by atoms with Crippen molar-refractivity contribution in [2.45, 2.75) is 39.3 Å². The van der Waals surface area contributed by atoms with Crippen LogP contribution in [0.2, 0.25) is 0 Å². The molecule has 124 valence electrons. The van der Waals surface area contributed by atoms with Gasteiger partial charge in [0.05, 0.1) is 6.04 Å². The Kier molecular flexibility index (Phi) is 4.59. The van der Waals surface area contributed by atoms with Gasteiger partial charge in [-0.2, -0.15) is 10.1 Å². The SMILES string of the molecule is Cc1nc([C@H]2CCCN2C(=O)NC[C@@H](C)Cn2cccn2)no1. The molecule has 0 aliphatic carbocycles.